The van der Waals surface area contributed by atoms with E-state index in [4.69, 9.17) is 14.2 Å². The lowest BCUT2D eigenvalue weighted by molar-refractivity contribution is -0.141. The molecule has 0 bridgehead atoms. The van der Waals surface area contributed by atoms with Crippen LogP contribution in [0.3, 0.4) is 0 Å². The second-order valence-electron chi connectivity index (χ2n) is 4.55. The van der Waals surface area contributed by atoms with Crippen LogP contribution in [0.1, 0.15) is 12.5 Å². The highest BCUT2D eigenvalue weighted by molar-refractivity contribution is 5.95. The van der Waals surface area contributed by atoms with E-state index in [-0.39, 0.29) is 18.8 Å². The Labute approximate surface area is 135 Å². The van der Waals surface area contributed by atoms with Gasteiger partial charge in [-0.2, -0.15) is 0 Å². The van der Waals surface area contributed by atoms with Crippen molar-refractivity contribution in [3.63, 3.8) is 0 Å². The Hall–Kier alpha value is -2.82. The molecule has 0 aliphatic carbocycles. The fourth-order valence-electron chi connectivity index (χ4n) is 1.54. The summed E-state index contributed by atoms with van der Waals surface area (Å²) in [6.07, 6.45) is 5.98. The number of hydrogen-bond donors (Lipinski definition) is 0. The molecule has 5 nitrogen and oxygen atoms in total. The van der Waals surface area contributed by atoms with E-state index in [1.807, 2.05) is 0 Å². The maximum atomic E-state index is 11.8. The van der Waals surface area contributed by atoms with Crippen molar-refractivity contribution < 1.29 is 23.8 Å². The van der Waals surface area contributed by atoms with Crippen molar-refractivity contribution in [2.24, 2.45) is 0 Å². The van der Waals surface area contributed by atoms with E-state index in [1.165, 1.54) is 6.92 Å². The SMILES string of the molecule is C=C/C=C/COC(=O)/C=C(/C)C(=O)OCc1ccc(OC)cc1. The molecule has 23 heavy (non-hydrogen) atoms. The van der Waals surface area contributed by atoms with Gasteiger partial charge in [0, 0.05) is 11.6 Å². The number of benzene rings is 1. The lowest BCUT2D eigenvalue weighted by Crippen LogP contribution is -2.09. The summed E-state index contributed by atoms with van der Waals surface area (Å²) in [5.41, 5.74) is 1.00. The molecule has 0 amide bonds. The van der Waals surface area contributed by atoms with Crippen molar-refractivity contribution in [3.05, 3.63) is 66.3 Å². The molecule has 0 unspecified atom stereocenters. The molecule has 0 aromatic heterocycles. The summed E-state index contributed by atoms with van der Waals surface area (Å²) < 4.78 is 15.1. The van der Waals surface area contributed by atoms with Crippen molar-refractivity contribution >= 4 is 11.9 Å². The highest BCUT2D eigenvalue weighted by atomic mass is 16.5. The van der Waals surface area contributed by atoms with Crippen LogP contribution in [0.5, 0.6) is 5.75 Å². The van der Waals surface area contributed by atoms with E-state index in [0.29, 0.717) is 0 Å². The molecule has 0 aliphatic heterocycles. The van der Waals surface area contributed by atoms with Gasteiger partial charge in [-0.25, -0.2) is 9.59 Å². The minimum Gasteiger partial charge on any atom is -0.497 e. The molecule has 0 saturated carbocycles. The van der Waals surface area contributed by atoms with Crippen LogP contribution in [0.4, 0.5) is 0 Å². The number of esters is 2. The molecular weight excluding hydrogens is 296 g/mol. The zero-order valence-corrected chi connectivity index (χ0v) is 13.3. The van der Waals surface area contributed by atoms with Crippen LogP contribution in [0.25, 0.3) is 0 Å². The largest absolute Gasteiger partial charge is 0.497 e. The van der Waals surface area contributed by atoms with Crippen molar-refractivity contribution in [2.45, 2.75) is 13.5 Å². The van der Waals surface area contributed by atoms with Gasteiger partial charge >= 0.3 is 11.9 Å². The van der Waals surface area contributed by atoms with Gasteiger partial charge in [-0.05, 0) is 30.7 Å². The van der Waals surface area contributed by atoms with Gasteiger partial charge in [-0.1, -0.05) is 30.9 Å². The fraction of sp³-hybridized carbons (Fsp3) is 0.222. The Morgan fingerprint density at radius 1 is 1.17 bits per heavy atom. The smallest absolute Gasteiger partial charge is 0.334 e. The molecule has 0 radical (unpaired) electrons. The molecule has 1 aromatic rings. The fourth-order valence-corrected chi connectivity index (χ4v) is 1.54. The van der Waals surface area contributed by atoms with Crippen molar-refractivity contribution in [2.75, 3.05) is 13.7 Å². The average molecular weight is 316 g/mol. The summed E-state index contributed by atoms with van der Waals surface area (Å²) in [6, 6.07) is 7.15. The number of carbonyl (C=O) groups excluding carboxylic acids is 2. The molecule has 0 spiro atoms. The van der Waals surface area contributed by atoms with E-state index in [0.717, 1.165) is 17.4 Å². The third-order valence-electron chi connectivity index (χ3n) is 2.78. The zero-order valence-electron chi connectivity index (χ0n) is 13.3. The summed E-state index contributed by atoms with van der Waals surface area (Å²) in [7, 11) is 1.58. The molecule has 0 aliphatic rings. The molecule has 0 N–H and O–H groups in total. The first-order valence-corrected chi connectivity index (χ1v) is 6.99. The van der Waals surface area contributed by atoms with Gasteiger partial charge in [-0.3, -0.25) is 0 Å². The standard InChI is InChI=1S/C18H20O5/c1-4-5-6-11-22-17(19)12-14(2)18(20)23-13-15-7-9-16(21-3)10-8-15/h4-10,12H,1,11,13H2,2-3H3/b6-5+,14-12-. The number of hydrogen-bond acceptors (Lipinski definition) is 5. The molecular formula is C18H20O5. The highest BCUT2D eigenvalue weighted by Crippen LogP contribution is 2.12. The lowest BCUT2D eigenvalue weighted by Gasteiger charge is -2.06. The first kappa shape index (κ1) is 18.2. The van der Waals surface area contributed by atoms with Crippen LogP contribution < -0.4 is 4.74 Å². The third kappa shape index (κ3) is 7.13. The highest BCUT2D eigenvalue weighted by Gasteiger charge is 2.09. The Balaban J connectivity index is 2.45. The number of ether oxygens (including phenoxy) is 3. The predicted molar refractivity (Wildman–Crippen MR) is 86.8 cm³/mol. The van der Waals surface area contributed by atoms with Crippen LogP contribution >= 0.6 is 0 Å². The first-order valence-electron chi connectivity index (χ1n) is 6.99. The third-order valence-corrected chi connectivity index (χ3v) is 2.78. The van der Waals surface area contributed by atoms with E-state index in [2.05, 4.69) is 6.58 Å². The quantitative estimate of drug-likeness (QED) is 0.419. The zero-order chi connectivity index (χ0) is 17.1. The van der Waals surface area contributed by atoms with Crippen molar-refractivity contribution in [1.29, 1.82) is 0 Å². The Bertz CT molecular complexity index is 596. The van der Waals surface area contributed by atoms with E-state index in [9.17, 15) is 9.59 Å². The summed E-state index contributed by atoms with van der Waals surface area (Å²) in [5, 5.41) is 0. The van der Waals surface area contributed by atoms with Gasteiger partial charge in [0.25, 0.3) is 0 Å². The van der Waals surface area contributed by atoms with E-state index in [1.54, 1.807) is 49.6 Å². The molecule has 5 heteroatoms. The molecule has 1 rings (SSSR count). The van der Waals surface area contributed by atoms with Crippen molar-refractivity contribution in [1.82, 2.24) is 0 Å². The number of allylic oxidation sites excluding steroid dienone is 2. The Morgan fingerprint density at radius 3 is 2.48 bits per heavy atom. The Morgan fingerprint density at radius 2 is 1.87 bits per heavy atom. The van der Waals surface area contributed by atoms with Gasteiger partial charge in [0.2, 0.25) is 0 Å². The van der Waals surface area contributed by atoms with Crippen LogP contribution in [0.2, 0.25) is 0 Å². The topological polar surface area (TPSA) is 61.8 Å². The predicted octanol–water partition coefficient (Wildman–Crippen LogP) is 2.97. The number of methoxy groups -OCH3 is 1. The van der Waals surface area contributed by atoms with Crippen LogP contribution in [0.15, 0.2) is 60.7 Å². The summed E-state index contributed by atoms with van der Waals surface area (Å²) in [6.45, 7) is 5.23. The van der Waals surface area contributed by atoms with Crippen molar-refractivity contribution in [3.8, 4) is 5.75 Å². The maximum absolute atomic E-state index is 11.8. The summed E-state index contributed by atoms with van der Waals surface area (Å²) in [5.74, 6) is -0.443. The van der Waals surface area contributed by atoms with Gasteiger partial charge in [0.15, 0.2) is 0 Å². The molecule has 0 fully saturated rings. The van der Waals surface area contributed by atoms with Crippen LogP contribution in [0, 0.1) is 0 Å². The summed E-state index contributed by atoms with van der Waals surface area (Å²) >= 11 is 0. The second kappa shape index (κ2) is 10.00. The average Bonchev–Trinajstić information content (AvgIpc) is 2.57. The Kier molecular flexibility index (Phi) is 7.92. The summed E-state index contributed by atoms with van der Waals surface area (Å²) in [4.78, 5) is 23.3. The molecule has 1 aromatic carbocycles. The van der Waals surface area contributed by atoms with Crippen LogP contribution in [-0.4, -0.2) is 25.7 Å². The molecule has 0 heterocycles. The molecule has 0 saturated heterocycles. The number of carbonyl (C=O) groups is 2. The van der Waals surface area contributed by atoms with E-state index < -0.39 is 11.9 Å². The van der Waals surface area contributed by atoms with Gasteiger partial charge < -0.3 is 14.2 Å². The number of rotatable bonds is 8. The normalized spacial score (nSPS) is 11.1. The molecule has 0 atom stereocenters. The minimum atomic E-state index is -0.599. The van der Waals surface area contributed by atoms with E-state index >= 15 is 0 Å². The second-order valence-corrected chi connectivity index (χ2v) is 4.55. The monoisotopic (exact) mass is 316 g/mol. The van der Waals surface area contributed by atoms with Gasteiger partial charge in [-0.15, -0.1) is 0 Å². The maximum Gasteiger partial charge on any atom is 0.334 e. The van der Waals surface area contributed by atoms with Gasteiger partial charge in [0.1, 0.15) is 19.0 Å². The minimum absolute atomic E-state index is 0.116. The lowest BCUT2D eigenvalue weighted by atomic mass is 10.2. The first-order chi connectivity index (χ1) is 11.1. The van der Waals surface area contributed by atoms with Gasteiger partial charge in [0.05, 0.1) is 7.11 Å². The molecule has 122 valence electrons. The van der Waals surface area contributed by atoms with Crippen LogP contribution in [-0.2, 0) is 25.7 Å².